The second kappa shape index (κ2) is 6.96. The van der Waals surface area contributed by atoms with E-state index < -0.39 is 57.4 Å². The quantitative estimate of drug-likeness (QED) is 0.664. The number of carbonyl (C=O) groups is 2. The lowest BCUT2D eigenvalue weighted by molar-refractivity contribution is -0.140. The first-order valence-electron chi connectivity index (χ1n) is 6.15. The van der Waals surface area contributed by atoms with E-state index in [1.54, 1.807) is 4.72 Å². The van der Waals surface area contributed by atoms with Gasteiger partial charge in [-0.2, -0.15) is 17.9 Å². The molecule has 0 aliphatic carbocycles. The third kappa shape index (κ3) is 5.21. The van der Waals surface area contributed by atoms with Crippen molar-refractivity contribution in [2.75, 3.05) is 0 Å². The lowest BCUT2D eigenvalue weighted by atomic mass is 10.2. The number of amides is 1. The summed E-state index contributed by atoms with van der Waals surface area (Å²) in [5, 5.41) is 8.92. The van der Waals surface area contributed by atoms with Crippen molar-refractivity contribution < 1.29 is 36.3 Å². The van der Waals surface area contributed by atoms with Gasteiger partial charge in [0.15, 0.2) is 0 Å². The summed E-state index contributed by atoms with van der Waals surface area (Å²) in [6.45, 7) is 0. The average molecular weight is 354 g/mol. The molecule has 0 heterocycles. The molecule has 0 unspecified atom stereocenters. The van der Waals surface area contributed by atoms with E-state index >= 15 is 0 Å². The Morgan fingerprint density at radius 1 is 1.26 bits per heavy atom. The van der Waals surface area contributed by atoms with Crippen molar-refractivity contribution in [1.82, 2.24) is 4.72 Å². The molecule has 4 N–H and O–H groups in total. The van der Waals surface area contributed by atoms with Gasteiger partial charge >= 0.3 is 12.1 Å². The van der Waals surface area contributed by atoms with Gasteiger partial charge in [0.25, 0.3) is 0 Å². The molecule has 0 aliphatic heterocycles. The Balaban J connectivity index is 3.16. The number of aliphatic carboxylic acids is 1. The number of halogens is 3. The van der Waals surface area contributed by atoms with Crippen molar-refractivity contribution in [2.45, 2.75) is 30.0 Å². The van der Waals surface area contributed by atoms with E-state index in [0.29, 0.717) is 12.1 Å². The Bertz CT molecular complexity index is 703. The highest BCUT2D eigenvalue weighted by molar-refractivity contribution is 7.89. The van der Waals surface area contributed by atoms with Gasteiger partial charge in [0.1, 0.15) is 6.04 Å². The van der Waals surface area contributed by atoms with E-state index in [4.69, 9.17) is 10.8 Å². The lowest BCUT2D eigenvalue weighted by Gasteiger charge is -2.17. The summed E-state index contributed by atoms with van der Waals surface area (Å²) in [5.74, 6) is -2.51. The van der Waals surface area contributed by atoms with Gasteiger partial charge in [-0.25, -0.2) is 8.42 Å². The molecule has 1 amide bonds. The molecule has 128 valence electrons. The maximum atomic E-state index is 12.9. The number of sulfonamides is 1. The molecule has 0 saturated heterocycles. The monoisotopic (exact) mass is 354 g/mol. The first kappa shape index (κ1) is 18.9. The number of alkyl halides is 3. The molecule has 0 saturated carbocycles. The van der Waals surface area contributed by atoms with Gasteiger partial charge < -0.3 is 10.8 Å². The molecule has 23 heavy (non-hydrogen) atoms. The van der Waals surface area contributed by atoms with E-state index in [9.17, 15) is 31.2 Å². The Hall–Kier alpha value is -2.14. The van der Waals surface area contributed by atoms with Gasteiger partial charge in [-0.05, 0) is 18.6 Å². The van der Waals surface area contributed by atoms with Crippen molar-refractivity contribution in [2.24, 2.45) is 5.73 Å². The van der Waals surface area contributed by atoms with Crippen LogP contribution >= 0.6 is 0 Å². The molecule has 1 aromatic rings. The van der Waals surface area contributed by atoms with Crippen LogP contribution in [0, 0.1) is 0 Å². The first-order valence-corrected chi connectivity index (χ1v) is 7.63. The SMILES string of the molecule is NC(=O)CC[C@@H](NS(=O)(=O)c1ccccc1C(F)(F)F)C(=O)O. The molecule has 0 radical (unpaired) electrons. The summed E-state index contributed by atoms with van der Waals surface area (Å²) < 4.78 is 64.4. The van der Waals surface area contributed by atoms with Gasteiger partial charge in [-0.1, -0.05) is 12.1 Å². The van der Waals surface area contributed by atoms with Crippen LogP contribution in [-0.4, -0.2) is 31.4 Å². The third-order valence-corrected chi connectivity index (χ3v) is 4.29. The predicted molar refractivity (Wildman–Crippen MR) is 71.6 cm³/mol. The number of hydrogen-bond donors (Lipinski definition) is 3. The molecular weight excluding hydrogens is 341 g/mol. The van der Waals surface area contributed by atoms with E-state index in [1.807, 2.05) is 0 Å². The highest BCUT2D eigenvalue weighted by atomic mass is 32.2. The van der Waals surface area contributed by atoms with Crippen LogP contribution in [0.3, 0.4) is 0 Å². The minimum atomic E-state index is -4.93. The van der Waals surface area contributed by atoms with Crippen LogP contribution in [0.2, 0.25) is 0 Å². The molecule has 0 spiro atoms. The van der Waals surface area contributed by atoms with Crippen molar-refractivity contribution in [3.05, 3.63) is 29.8 Å². The second-order valence-electron chi connectivity index (χ2n) is 4.51. The zero-order chi connectivity index (χ0) is 17.8. The maximum absolute atomic E-state index is 12.9. The number of rotatable bonds is 7. The molecule has 0 aliphatic rings. The van der Waals surface area contributed by atoms with E-state index in [2.05, 4.69) is 0 Å². The van der Waals surface area contributed by atoms with Crippen LogP contribution in [0.1, 0.15) is 18.4 Å². The topological polar surface area (TPSA) is 127 Å². The van der Waals surface area contributed by atoms with Gasteiger partial charge in [0.2, 0.25) is 15.9 Å². The van der Waals surface area contributed by atoms with Gasteiger partial charge in [-0.15, -0.1) is 0 Å². The standard InChI is InChI=1S/C12H13F3N2O5S/c13-12(14,15)7-3-1-2-4-9(7)23(21,22)17-8(11(19)20)5-6-10(16)18/h1-4,8,17H,5-6H2,(H2,16,18)(H,19,20)/t8-/m1/s1. The highest BCUT2D eigenvalue weighted by Crippen LogP contribution is 2.33. The molecule has 1 aromatic carbocycles. The number of hydrogen-bond acceptors (Lipinski definition) is 4. The number of carbonyl (C=O) groups excluding carboxylic acids is 1. The molecule has 1 atom stereocenters. The highest BCUT2D eigenvalue weighted by Gasteiger charge is 2.38. The molecule has 0 fully saturated rings. The fraction of sp³-hybridized carbons (Fsp3) is 0.333. The van der Waals surface area contributed by atoms with Crippen LogP contribution in [0.25, 0.3) is 0 Å². The zero-order valence-corrected chi connectivity index (χ0v) is 12.3. The molecular formula is C12H13F3N2O5S. The molecule has 0 aromatic heterocycles. The summed E-state index contributed by atoms with van der Waals surface area (Å²) in [6, 6.07) is 1.56. The Labute approximate surface area is 129 Å². The van der Waals surface area contributed by atoms with E-state index in [0.717, 1.165) is 12.1 Å². The minimum absolute atomic E-state index is 0.444. The number of carboxylic acids is 1. The smallest absolute Gasteiger partial charge is 0.417 e. The number of nitrogens with two attached hydrogens (primary N) is 1. The molecule has 1 rings (SSSR count). The summed E-state index contributed by atoms with van der Waals surface area (Å²) in [4.78, 5) is 20.6. The van der Waals surface area contributed by atoms with E-state index in [1.165, 1.54) is 0 Å². The van der Waals surface area contributed by atoms with Crippen LogP contribution in [-0.2, 0) is 25.8 Å². The fourth-order valence-corrected chi connectivity index (χ4v) is 3.16. The number of carboxylic acid groups (broad SMARTS) is 1. The van der Waals surface area contributed by atoms with Crippen LogP contribution in [0.5, 0.6) is 0 Å². The van der Waals surface area contributed by atoms with E-state index in [-0.39, 0.29) is 0 Å². The Kier molecular flexibility index (Phi) is 5.72. The number of benzene rings is 1. The number of primary amides is 1. The molecule has 11 heteroatoms. The van der Waals surface area contributed by atoms with Crippen molar-refractivity contribution in [3.8, 4) is 0 Å². The van der Waals surface area contributed by atoms with Crippen LogP contribution < -0.4 is 10.5 Å². The Morgan fingerprint density at radius 3 is 2.30 bits per heavy atom. The largest absolute Gasteiger partial charge is 0.480 e. The summed E-state index contributed by atoms with van der Waals surface area (Å²) in [6.07, 6.45) is -5.87. The third-order valence-electron chi connectivity index (χ3n) is 2.76. The summed E-state index contributed by atoms with van der Waals surface area (Å²) >= 11 is 0. The van der Waals surface area contributed by atoms with Gasteiger partial charge in [0.05, 0.1) is 10.5 Å². The molecule has 0 bridgehead atoms. The lowest BCUT2D eigenvalue weighted by Crippen LogP contribution is -2.41. The zero-order valence-electron chi connectivity index (χ0n) is 11.5. The molecule has 7 nitrogen and oxygen atoms in total. The fourth-order valence-electron chi connectivity index (χ4n) is 1.71. The average Bonchev–Trinajstić information content (AvgIpc) is 2.42. The predicted octanol–water partition coefficient (Wildman–Crippen LogP) is 0.702. The van der Waals surface area contributed by atoms with Gasteiger partial charge in [0, 0.05) is 6.42 Å². The van der Waals surface area contributed by atoms with Gasteiger partial charge in [-0.3, -0.25) is 9.59 Å². The minimum Gasteiger partial charge on any atom is -0.480 e. The van der Waals surface area contributed by atoms with Crippen molar-refractivity contribution >= 4 is 21.9 Å². The Morgan fingerprint density at radius 2 is 1.83 bits per heavy atom. The van der Waals surface area contributed by atoms with Crippen molar-refractivity contribution in [3.63, 3.8) is 0 Å². The van der Waals surface area contributed by atoms with Crippen LogP contribution in [0.15, 0.2) is 29.2 Å². The normalized spacial score (nSPS) is 13.5. The second-order valence-corrected chi connectivity index (χ2v) is 6.19. The first-order chi connectivity index (χ1) is 10.4. The summed E-state index contributed by atoms with van der Waals surface area (Å²) in [5.41, 5.74) is 3.41. The maximum Gasteiger partial charge on any atom is 0.417 e. The van der Waals surface area contributed by atoms with Crippen molar-refractivity contribution in [1.29, 1.82) is 0 Å². The summed E-state index contributed by atoms with van der Waals surface area (Å²) in [7, 11) is -4.77. The number of nitrogens with one attached hydrogen (secondary N) is 1. The van der Waals surface area contributed by atoms with Crippen LogP contribution in [0.4, 0.5) is 13.2 Å².